The third-order valence-corrected chi connectivity index (χ3v) is 4.40. The predicted molar refractivity (Wildman–Crippen MR) is 87.3 cm³/mol. The highest BCUT2D eigenvalue weighted by molar-refractivity contribution is 7.10. The van der Waals surface area contributed by atoms with Crippen LogP contribution in [0.2, 0.25) is 5.02 Å². The van der Waals surface area contributed by atoms with E-state index >= 15 is 0 Å². The van der Waals surface area contributed by atoms with Gasteiger partial charge in [0.1, 0.15) is 0 Å². The van der Waals surface area contributed by atoms with Crippen LogP contribution in [0.5, 0.6) is 11.5 Å². The van der Waals surface area contributed by atoms with Crippen LogP contribution < -0.4 is 20.7 Å². The number of benzene rings is 1. The Morgan fingerprint density at radius 1 is 1.19 bits per heavy atom. The van der Waals surface area contributed by atoms with Gasteiger partial charge in [0.15, 0.2) is 11.5 Å². The maximum atomic E-state index is 6.20. The molecule has 0 radical (unpaired) electrons. The fourth-order valence-corrected chi connectivity index (χ4v) is 3.33. The maximum Gasteiger partial charge on any atom is 0.161 e. The van der Waals surface area contributed by atoms with Crippen molar-refractivity contribution in [3.05, 3.63) is 45.1 Å². The van der Waals surface area contributed by atoms with Gasteiger partial charge in [-0.2, -0.15) is 0 Å². The SMILES string of the molecule is CCOc1ccc(C(NN)c2sccc2Cl)cc1OCC. The Balaban J connectivity index is 2.38. The van der Waals surface area contributed by atoms with E-state index in [4.69, 9.17) is 26.9 Å². The van der Waals surface area contributed by atoms with E-state index in [1.165, 1.54) is 0 Å². The number of hydrogen-bond donors (Lipinski definition) is 2. The number of halogens is 1. The van der Waals surface area contributed by atoms with Gasteiger partial charge in [0.05, 0.1) is 24.3 Å². The second-order valence-corrected chi connectivity index (χ2v) is 5.66. The molecule has 6 heteroatoms. The Morgan fingerprint density at radius 3 is 2.48 bits per heavy atom. The summed E-state index contributed by atoms with van der Waals surface area (Å²) in [4.78, 5) is 0.978. The van der Waals surface area contributed by atoms with Crippen molar-refractivity contribution >= 4 is 22.9 Å². The van der Waals surface area contributed by atoms with E-state index in [9.17, 15) is 0 Å². The van der Waals surface area contributed by atoms with Crippen molar-refractivity contribution in [1.82, 2.24) is 5.43 Å². The lowest BCUT2D eigenvalue weighted by Gasteiger charge is -2.18. The zero-order chi connectivity index (χ0) is 15.2. The molecule has 0 aliphatic rings. The van der Waals surface area contributed by atoms with Crippen LogP contribution in [-0.4, -0.2) is 13.2 Å². The molecule has 0 amide bonds. The molecule has 0 saturated heterocycles. The Morgan fingerprint density at radius 2 is 1.90 bits per heavy atom. The van der Waals surface area contributed by atoms with Gasteiger partial charge in [-0.15, -0.1) is 11.3 Å². The number of nitrogens with two attached hydrogens (primary N) is 1. The molecule has 4 nitrogen and oxygen atoms in total. The number of nitrogens with one attached hydrogen (secondary N) is 1. The van der Waals surface area contributed by atoms with Gasteiger partial charge in [0.25, 0.3) is 0 Å². The molecular weight excluding hydrogens is 308 g/mol. The number of hydrazine groups is 1. The minimum Gasteiger partial charge on any atom is -0.490 e. The normalized spacial score (nSPS) is 12.2. The van der Waals surface area contributed by atoms with Gasteiger partial charge in [-0.3, -0.25) is 5.84 Å². The second kappa shape index (κ2) is 7.66. The smallest absolute Gasteiger partial charge is 0.161 e. The molecular formula is C15H19ClN2O2S. The molecule has 0 aliphatic carbocycles. The van der Waals surface area contributed by atoms with Crippen LogP contribution in [0.4, 0.5) is 0 Å². The minimum atomic E-state index is -0.174. The van der Waals surface area contributed by atoms with Crippen molar-refractivity contribution in [1.29, 1.82) is 0 Å². The van der Waals surface area contributed by atoms with Crippen LogP contribution in [0.25, 0.3) is 0 Å². The molecule has 0 aliphatic heterocycles. The molecule has 3 N–H and O–H groups in total. The molecule has 114 valence electrons. The van der Waals surface area contributed by atoms with Crippen LogP contribution in [0.15, 0.2) is 29.6 Å². The van der Waals surface area contributed by atoms with Gasteiger partial charge in [-0.05, 0) is 43.0 Å². The van der Waals surface area contributed by atoms with E-state index in [1.807, 2.05) is 43.5 Å². The first-order valence-corrected chi connectivity index (χ1v) is 8.05. The third-order valence-electron chi connectivity index (χ3n) is 2.97. The highest BCUT2D eigenvalue weighted by Gasteiger charge is 2.19. The number of rotatable bonds is 7. The number of hydrogen-bond acceptors (Lipinski definition) is 5. The third kappa shape index (κ3) is 3.68. The van der Waals surface area contributed by atoms with Crippen LogP contribution in [0.1, 0.15) is 30.3 Å². The van der Waals surface area contributed by atoms with E-state index in [2.05, 4.69) is 5.43 Å². The lowest BCUT2D eigenvalue weighted by Crippen LogP contribution is -2.28. The summed E-state index contributed by atoms with van der Waals surface area (Å²) in [6.45, 7) is 5.05. The highest BCUT2D eigenvalue weighted by Crippen LogP contribution is 2.36. The molecule has 1 heterocycles. The molecule has 0 saturated carbocycles. The molecule has 0 bridgehead atoms. The standard InChI is InChI=1S/C15H19ClN2O2S/c1-3-19-12-6-5-10(9-13(12)20-4-2)14(18-17)15-11(16)7-8-21-15/h5-9,14,18H,3-4,17H2,1-2H3. The summed E-state index contributed by atoms with van der Waals surface area (Å²) in [6.07, 6.45) is 0. The lowest BCUT2D eigenvalue weighted by molar-refractivity contribution is 0.287. The van der Waals surface area contributed by atoms with Gasteiger partial charge in [-0.1, -0.05) is 17.7 Å². The van der Waals surface area contributed by atoms with Crippen molar-refractivity contribution in [2.45, 2.75) is 19.9 Å². The van der Waals surface area contributed by atoms with Gasteiger partial charge < -0.3 is 9.47 Å². The van der Waals surface area contributed by atoms with Crippen molar-refractivity contribution < 1.29 is 9.47 Å². The summed E-state index contributed by atoms with van der Waals surface area (Å²) in [7, 11) is 0. The van der Waals surface area contributed by atoms with E-state index in [0.29, 0.717) is 24.0 Å². The minimum absolute atomic E-state index is 0.174. The van der Waals surface area contributed by atoms with Crippen molar-refractivity contribution in [3.63, 3.8) is 0 Å². The van der Waals surface area contributed by atoms with E-state index in [0.717, 1.165) is 16.2 Å². The molecule has 2 rings (SSSR count). The molecule has 1 aromatic carbocycles. The molecule has 0 fully saturated rings. The first kappa shape index (κ1) is 16.1. The molecule has 0 spiro atoms. The number of thiophene rings is 1. The molecule has 1 unspecified atom stereocenters. The fourth-order valence-electron chi connectivity index (χ4n) is 2.08. The summed E-state index contributed by atoms with van der Waals surface area (Å²) in [6, 6.07) is 7.50. The van der Waals surface area contributed by atoms with Crippen LogP contribution in [0, 0.1) is 0 Å². The molecule has 2 aromatic rings. The van der Waals surface area contributed by atoms with Crippen LogP contribution in [0.3, 0.4) is 0 Å². The maximum absolute atomic E-state index is 6.20. The summed E-state index contributed by atoms with van der Waals surface area (Å²) < 4.78 is 11.2. The summed E-state index contributed by atoms with van der Waals surface area (Å²) in [5.74, 6) is 7.16. The zero-order valence-corrected chi connectivity index (χ0v) is 13.6. The average molecular weight is 327 g/mol. The Bertz CT molecular complexity index is 589. The van der Waals surface area contributed by atoms with Crippen molar-refractivity contribution in [3.8, 4) is 11.5 Å². The van der Waals surface area contributed by atoms with Crippen molar-refractivity contribution in [2.24, 2.45) is 5.84 Å². The van der Waals surface area contributed by atoms with Gasteiger partial charge in [0.2, 0.25) is 0 Å². The Kier molecular flexibility index (Phi) is 5.87. The van der Waals surface area contributed by atoms with E-state index < -0.39 is 0 Å². The summed E-state index contributed by atoms with van der Waals surface area (Å²) in [5.41, 5.74) is 3.79. The predicted octanol–water partition coefficient (Wildman–Crippen LogP) is 3.75. The first-order chi connectivity index (χ1) is 10.2. The van der Waals surface area contributed by atoms with Gasteiger partial charge in [-0.25, -0.2) is 5.43 Å². The van der Waals surface area contributed by atoms with Gasteiger partial charge in [0, 0.05) is 4.88 Å². The van der Waals surface area contributed by atoms with Crippen LogP contribution >= 0.6 is 22.9 Å². The first-order valence-electron chi connectivity index (χ1n) is 6.79. The zero-order valence-electron chi connectivity index (χ0n) is 12.1. The highest BCUT2D eigenvalue weighted by atomic mass is 35.5. The van der Waals surface area contributed by atoms with Crippen molar-refractivity contribution in [2.75, 3.05) is 13.2 Å². The fraction of sp³-hybridized carbons (Fsp3) is 0.333. The van der Waals surface area contributed by atoms with Crippen LogP contribution in [-0.2, 0) is 0 Å². The molecule has 21 heavy (non-hydrogen) atoms. The Hall–Kier alpha value is -1.27. The second-order valence-electron chi connectivity index (χ2n) is 4.30. The Labute approximate surface area is 133 Å². The van der Waals surface area contributed by atoms with E-state index in [-0.39, 0.29) is 6.04 Å². The van der Waals surface area contributed by atoms with E-state index in [1.54, 1.807) is 11.3 Å². The topological polar surface area (TPSA) is 56.5 Å². The molecule has 1 atom stereocenters. The summed E-state index contributed by atoms with van der Waals surface area (Å²) >= 11 is 7.77. The lowest BCUT2D eigenvalue weighted by atomic mass is 10.1. The molecule has 1 aromatic heterocycles. The number of ether oxygens (including phenoxy) is 2. The average Bonchev–Trinajstić information content (AvgIpc) is 2.89. The van der Waals surface area contributed by atoms with Gasteiger partial charge >= 0.3 is 0 Å². The monoisotopic (exact) mass is 326 g/mol. The quantitative estimate of drug-likeness (QED) is 0.601. The summed E-state index contributed by atoms with van der Waals surface area (Å²) in [5, 5.41) is 2.65. The largest absolute Gasteiger partial charge is 0.490 e.